The Labute approximate surface area is 116 Å². The average molecular weight is 298 g/mol. The second-order valence-electron chi connectivity index (χ2n) is 5.65. The summed E-state index contributed by atoms with van der Waals surface area (Å²) < 4.78 is 37.6. The first kappa shape index (κ1) is 14.9. The summed E-state index contributed by atoms with van der Waals surface area (Å²) in [6.07, 6.45) is -0.558. The largest absolute Gasteiger partial charge is 0.391 e. The molecule has 0 spiro atoms. The minimum atomic E-state index is -4.12. The van der Waals surface area contributed by atoms with Crippen molar-refractivity contribution >= 4 is 17.5 Å². The van der Waals surface area contributed by atoms with Gasteiger partial charge in [-0.3, -0.25) is 4.79 Å². The predicted molar refractivity (Wildman–Crippen MR) is 66.9 cm³/mol. The normalized spacial score (nSPS) is 36.2. The van der Waals surface area contributed by atoms with Gasteiger partial charge in [-0.05, 0) is 44.9 Å². The molecule has 1 N–H and O–H groups in total. The SMILES string of the molecule is O=C(NC1CCCC1Cl)C1CCC(C(F)(F)F)CC1. The molecule has 6 heteroatoms. The van der Waals surface area contributed by atoms with E-state index in [0.717, 1.165) is 19.3 Å². The van der Waals surface area contributed by atoms with E-state index in [4.69, 9.17) is 11.6 Å². The van der Waals surface area contributed by atoms with Gasteiger partial charge in [-0.15, -0.1) is 11.6 Å². The summed E-state index contributed by atoms with van der Waals surface area (Å²) in [5, 5.41) is 2.87. The molecule has 2 saturated carbocycles. The van der Waals surface area contributed by atoms with E-state index >= 15 is 0 Å². The monoisotopic (exact) mass is 297 g/mol. The van der Waals surface area contributed by atoms with E-state index in [2.05, 4.69) is 5.32 Å². The zero-order valence-electron chi connectivity index (χ0n) is 10.7. The van der Waals surface area contributed by atoms with E-state index in [1.807, 2.05) is 0 Å². The molecule has 2 aliphatic carbocycles. The van der Waals surface area contributed by atoms with Crippen molar-refractivity contribution in [1.29, 1.82) is 0 Å². The fourth-order valence-corrected chi connectivity index (χ4v) is 3.40. The third-order valence-corrected chi connectivity index (χ3v) is 4.84. The van der Waals surface area contributed by atoms with Gasteiger partial charge < -0.3 is 5.32 Å². The molecule has 2 fully saturated rings. The summed E-state index contributed by atoms with van der Waals surface area (Å²) in [6, 6.07) is -0.00509. The van der Waals surface area contributed by atoms with Gasteiger partial charge in [0, 0.05) is 12.0 Å². The minimum Gasteiger partial charge on any atom is -0.352 e. The van der Waals surface area contributed by atoms with Crippen LogP contribution >= 0.6 is 11.6 Å². The van der Waals surface area contributed by atoms with E-state index < -0.39 is 12.1 Å². The highest BCUT2D eigenvalue weighted by molar-refractivity contribution is 6.21. The third kappa shape index (κ3) is 3.77. The molecule has 110 valence electrons. The number of carbonyl (C=O) groups excluding carboxylic acids is 1. The number of amides is 1. The summed E-state index contributed by atoms with van der Waals surface area (Å²) >= 11 is 6.08. The standard InChI is InChI=1S/C13H19ClF3NO/c14-10-2-1-3-11(10)18-12(19)8-4-6-9(7-5-8)13(15,16)17/h8-11H,1-7H2,(H,18,19). The molecule has 0 bridgehead atoms. The molecule has 0 heterocycles. The molecule has 2 unspecified atom stereocenters. The van der Waals surface area contributed by atoms with Gasteiger partial charge in [-0.2, -0.15) is 13.2 Å². The Morgan fingerprint density at radius 2 is 1.68 bits per heavy atom. The fraction of sp³-hybridized carbons (Fsp3) is 0.923. The van der Waals surface area contributed by atoms with Crippen molar-refractivity contribution in [2.75, 3.05) is 0 Å². The summed E-state index contributed by atoms with van der Waals surface area (Å²) in [7, 11) is 0. The van der Waals surface area contributed by atoms with E-state index in [1.54, 1.807) is 0 Å². The van der Waals surface area contributed by atoms with Gasteiger partial charge in [0.15, 0.2) is 0 Å². The van der Waals surface area contributed by atoms with Crippen molar-refractivity contribution < 1.29 is 18.0 Å². The number of carbonyl (C=O) groups is 1. The zero-order valence-corrected chi connectivity index (χ0v) is 11.4. The summed E-state index contributed by atoms with van der Waals surface area (Å²) in [4.78, 5) is 12.0. The van der Waals surface area contributed by atoms with Crippen molar-refractivity contribution in [1.82, 2.24) is 5.32 Å². The van der Waals surface area contributed by atoms with Crippen LogP contribution in [0.1, 0.15) is 44.9 Å². The smallest absolute Gasteiger partial charge is 0.352 e. The maximum absolute atomic E-state index is 12.5. The number of hydrogen-bond donors (Lipinski definition) is 1. The van der Waals surface area contributed by atoms with Gasteiger partial charge in [0.25, 0.3) is 0 Å². The van der Waals surface area contributed by atoms with E-state index in [-0.39, 0.29) is 36.1 Å². The molecule has 0 aromatic heterocycles. The summed E-state index contributed by atoms with van der Waals surface area (Å²) in [5.74, 6) is -1.62. The molecule has 2 nitrogen and oxygen atoms in total. The van der Waals surface area contributed by atoms with Gasteiger partial charge in [0.1, 0.15) is 0 Å². The van der Waals surface area contributed by atoms with Crippen LogP contribution in [0.4, 0.5) is 13.2 Å². The zero-order chi connectivity index (χ0) is 14.0. The van der Waals surface area contributed by atoms with Crippen LogP contribution in [0.2, 0.25) is 0 Å². The molecule has 0 radical (unpaired) electrons. The maximum atomic E-state index is 12.5. The molecule has 0 aromatic rings. The molecular formula is C13H19ClF3NO. The molecular weight excluding hydrogens is 279 g/mol. The number of nitrogens with one attached hydrogen (secondary N) is 1. The van der Waals surface area contributed by atoms with Crippen LogP contribution in [0.15, 0.2) is 0 Å². The van der Waals surface area contributed by atoms with Crippen LogP contribution in [0.3, 0.4) is 0 Å². The summed E-state index contributed by atoms with van der Waals surface area (Å²) in [5.41, 5.74) is 0. The lowest BCUT2D eigenvalue weighted by Gasteiger charge is -2.30. The Kier molecular flexibility index (Phi) is 4.64. The number of rotatable bonds is 2. The Morgan fingerprint density at radius 1 is 1.05 bits per heavy atom. The first-order valence-electron chi connectivity index (χ1n) is 6.89. The average Bonchev–Trinajstić information content (AvgIpc) is 2.74. The molecule has 19 heavy (non-hydrogen) atoms. The predicted octanol–water partition coefficient (Wildman–Crippen LogP) is 3.63. The van der Waals surface area contributed by atoms with Crippen LogP contribution in [0.25, 0.3) is 0 Å². The lowest BCUT2D eigenvalue weighted by Crippen LogP contribution is -2.43. The number of halogens is 4. The highest BCUT2D eigenvalue weighted by atomic mass is 35.5. The Morgan fingerprint density at radius 3 is 2.16 bits per heavy atom. The van der Waals surface area contributed by atoms with Gasteiger partial charge >= 0.3 is 6.18 Å². The Balaban J connectivity index is 1.79. The van der Waals surface area contributed by atoms with Gasteiger partial charge in [0.2, 0.25) is 5.91 Å². The van der Waals surface area contributed by atoms with Gasteiger partial charge in [0.05, 0.1) is 11.3 Å². The Hall–Kier alpha value is -0.450. The number of alkyl halides is 4. The second kappa shape index (κ2) is 5.90. The van der Waals surface area contributed by atoms with Crippen molar-refractivity contribution in [3.8, 4) is 0 Å². The number of hydrogen-bond acceptors (Lipinski definition) is 1. The molecule has 1 amide bonds. The highest BCUT2D eigenvalue weighted by Crippen LogP contribution is 2.39. The fourth-order valence-electron chi connectivity index (χ4n) is 3.06. The molecule has 0 aromatic carbocycles. The minimum absolute atomic E-state index is 0.00509. The first-order chi connectivity index (χ1) is 8.88. The molecule has 0 saturated heterocycles. The lowest BCUT2D eigenvalue weighted by molar-refractivity contribution is -0.184. The molecule has 2 aliphatic rings. The van der Waals surface area contributed by atoms with Crippen LogP contribution in [-0.2, 0) is 4.79 Å². The quantitative estimate of drug-likeness (QED) is 0.775. The molecule has 0 aliphatic heterocycles. The first-order valence-corrected chi connectivity index (χ1v) is 7.32. The van der Waals surface area contributed by atoms with Gasteiger partial charge in [-0.1, -0.05) is 0 Å². The van der Waals surface area contributed by atoms with Crippen molar-refractivity contribution in [2.45, 2.75) is 62.5 Å². The van der Waals surface area contributed by atoms with E-state index in [1.165, 1.54) is 0 Å². The molecule has 2 atom stereocenters. The second-order valence-corrected chi connectivity index (χ2v) is 6.21. The third-order valence-electron chi connectivity index (χ3n) is 4.32. The molecule has 2 rings (SSSR count). The Bertz CT molecular complexity index is 326. The van der Waals surface area contributed by atoms with Crippen LogP contribution in [-0.4, -0.2) is 23.5 Å². The van der Waals surface area contributed by atoms with Crippen LogP contribution in [0.5, 0.6) is 0 Å². The maximum Gasteiger partial charge on any atom is 0.391 e. The van der Waals surface area contributed by atoms with Crippen LogP contribution in [0, 0.1) is 11.8 Å². The van der Waals surface area contributed by atoms with Crippen molar-refractivity contribution in [3.05, 3.63) is 0 Å². The van der Waals surface area contributed by atoms with Gasteiger partial charge in [-0.25, -0.2) is 0 Å². The summed E-state index contributed by atoms with van der Waals surface area (Å²) in [6.45, 7) is 0. The van der Waals surface area contributed by atoms with E-state index in [9.17, 15) is 18.0 Å². The van der Waals surface area contributed by atoms with E-state index in [0.29, 0.717) is 12.8 Å². The topological polar surface area (TPSA) is 29.1 Å². The van der Waals surface area contributed by atoms with Crippen LogP contribution < -0.4 is 5.32 Å². The van der Waals surface area contributed by atoms with Crippen molar-refractivity contribution in [3.63, 3.8) is 0 Å². The lowest BCUT2D eigenvalue weighted by atomic mass is 9.81. The highest BCUT2D eigenvalue weighted by Gasteiger charge is 2.42. The van der Waals surface area contributed by atoms with Crippen molar-refractivity contribution in [2.24, 2.45) is 11.8 Å².